The zero-order valence-electron chi connectivity index (χ0n) is 10.4. The maximum absolute atomic E-state index is 13.7. The van der Waals surface area contributed by atoms with Crippen molar-refractivity contribution >= 4 is 5.97 Å². The average Bonchev–Trinajstić information content (AvgIpc) is 2.35. The van der Waals surface area contributed by atoms with Crippen LogP contribution in [0.3, 0.4) is 0 Å². The number of benzene rings is 1. The molecule has 0 aliphatic rings. The summed E-state index contributed by atoms with van der Waals surface area (Å²) < 4.78 is 50.7. The molecule has 7 heteroatoms. The van der Waals surface area contributed by atoms with Crippen molar-refractivity contribution in [3.05, 3.63) is 23.5 Å². The minimum atomic E-state index is -3.60. The Balaban J connectivity index is 3.14. The third-order valence-electron chi connectivity index (χ3n) is 2.52. The number of carboxylic acid groups (broad SMARTS) is 1. The van der Waals surface area contributed by atoms with E-state index in [2.05, 4.69) is 0 Å². The number of carboxylic acids is 1. The summed E-state index contributed by atoms with van der Waals surface area (Å²) in [4.78, 5) is 10.3. The van der Waals surface area contributed by atoms with Gasteiger partial charge in [-0.2, -0.15) is 0 Å². The minimum Gasteiger partial charge on any atom is -0.493 e. The highest BCUT2D eigenvalue weighted by Crippen LogP contribution is 2.39. The van der Waals surface area contributed by atoms with Crippen LogP contribution in [0.4, 0.5) is 13.2 Å². The summed E-state index contributed by atoms with van der Waals surface area (Å²) in [6, 6.07) is 1.60. The van der Waals surface area contributed by atoms with Gasteiger partial charge in [0.2, 0.25) is 0 Å². The van der Waals surface area contributed by atoms with Gasteiger partial charge in [0.05, 0.1) is 26.2 Å². The van der Waals surface area contributed by atoms with E-state index in [4.69, 9.17) is 14.6 Å². The number of alkyl halides is 2. The van der Waals surface area contributed by atoms with E-state index in [1.807, 2.05) is 0 Å². The Morgan fingerprint density at radius 2 is 1.79 bits per heavy atom. The number of halogens is 3. The maximum Gasteiger partial charge on any atom is 0.303 e. The fourth-order valence-corrected chi connectivity index (χ4v) is 1.53. The first kappa shape index (κ1) is 15.1. The van der Waals surface area contributed by atoms with Crippen LogP contribution in [0.5, 0.6) is 11.5 Å². The molecule has 0 bridgehead atoms. The van der Waals surface area contributed by atoms with Crippen LogP contribution >= 0.6 is 0 Å². The van der Waals surface area contributed by atoms with Gasteiger partial charge < -0.3 is 14.6 Å². The van der Waals surface area contributed by atoms with Gasteiger partial charge in [-0.15, -0.1) is 0 Å². The number of hydrogen-bond acceptors (Lipinski definition) is 3. The van der Waals surface area contributed by atoms with Gasteiger partial charge >= 0.3 is 5.97 Å². The monoisotopic (exact) mass is 278 g/mol. The van der Waals surface area contributed by atoms with E-state index in [1.54, 1.807) is 0 Å². The molecule has 19 heavy (non-hydrogen) atoms. The van der Waals surface area contributed by atoms with Crippen molar-refractivity contribution in [3.8, 4) is 11.5 Å². The molecule has 0 atom stereocenters. The Hall–Kier alpha value is -1.92. The van der Waals surface area contributed by atoms with E-state index in [0.717, 1.165) is 12.1 Å². The third kappa shape index (κ3) is 3.52. The van der Waals surface area contributed by atoms with Crippen molar-refractivity contribution < 1.29 is 32.5 Å². The second kappa shape index (κ2) is 5.81. The lowest BCUT2D eigenvalue weighted by Crippen LogP contribution is -2.17. The van der Waals surface area contributed by atoms with Gasteiger partial charge in [-0.3, -0.25) is 4.79 Å². The smallest absolute Gasteiger partial charge is 0.303 e. The molecule has 106 valence electrons. The highest BCUT2D eigenvalue weighted by molar-refractivity contribution is 5.66. The summed E-state index contributed by atoms with van der Waals surface area (Å²) in [6.45, 7) is 0. The summed E-state index contributed by atoms with van der Waals surface area (Å²) in [6.07, 6.45) is -1.75. The molecule has 0 aliphatic heterocycles. The van der Waals surface area contributed by atoms with E-state index in [9.17, 15) is 18.0 Å². The van der Waals surface area contributed by atoms with Gasteiger partial charge in [-0.1, -0.05) is 0 Å². The summed E-state index contributed by atoms with van der Waals surface area (Å²) in [5.41, 5.74) is -0.911. The lowest BCUT2D eigenvalue weighted by molar-refractivity contribution is -0.139. The molecule has 0 unspecified atom stereocenters. The number of carbonyl (C=O) groups is 1. The normalized spacial score (nSPS) is 11.2. The molecule has 0 saturated carbocycles. The SMILES string of the molecule is COc1cc(F)c(C(F)(F)CCC(=O)O)cc1OC. The van der Waals surface area contributed by atoms with Crippen LogP contribution in [0.15, 0.2) is 12.1 Å². The molecule has 0 fully saturated rings. The Labute approximate surface area is 107 Å². The molecule has 1 rings (SSSR count). The zero-order valence-corrected chi connectivity index (χ0v) is 10.4. The molecule has 0 amide bonds. The topological polar surface area (TPSA) is 55.8 Å². The number of hydrogen-bond donors (Lipinski definition) is 1. The molecule has 0 heterocycles. The number of aliphatic carboxylic acids is 1. The van der Waals surface area contributed by atoms with Crippen LogP contribution in [0.2, 0.25) is 0 Å². The van der Waals surface area contributed by atoms with Crippen molar-refractivity contribution in [1.29, 1.82) is 0 Å². The quantitative estimate of drug-likeness (QED) is 0.869. The fraction of sp³-hybridized carbons (Fsp3) is 0.417. The fourth-order valence-electron chi connectivity index (χ4n) is 1.53. The molecule has 0 radical (unpaired) electrons. The highest BCUT2D eigenvalue weighted by Gasteiger charge is 2.36. The number of ether oxygens (including phenoxy) is 2. The third-order valence-corrected chi connectivity index (χ3v) is 2.52. The first-order valence-electron chi connectivity index (χ1n) is 5.33. The van der Waals surface area contributed by atoms with Crippen molar-refractivity contribution in [1.82, 2.24) is 0 Å². The van der Waals surface area contributed by atoms with Gasteiger partial charge in [0.1, 0.15) is 5.82 Å². The van der Waals surface area contributed by atoms with Gasteiger partial charge in [0, 0.05) is 12.5 Å². The number of rotatable bonds is 6. The molecular formula is C12H13F3O4. The van der Waals surface area contributed by atoms with Crippen LogP contribution in [0, 0.1) is 5.82 Å². The Kier molecular flexibility index (Phi) is 4.63. The molecule has 0 saturated heterocycles. The van der Waals surface area contributed by atoms with Crippen molar-refractivity contribution in [2.24, 2.45) is 0 Å². The summed E-state index contributed by atoms with van der Waals surface area (Å²) >= 11 is 0. The van der Waals surface area contributed by atoms with Gasteiger partial charge in [0.25, 0.3) is 5.92 Å². The standard InChI is InChI=1S/C12H13F3O4/c1-18-9-5-7(8(13)6-10(9)19-2)12(14,15)4-3-11(16)17/h5-6H,3-4H2,1-2H3,(H,16,17). The second-order valence-corrected chi connectivity index (χ2v) is 3.79. The van der Waals surface area contributed by atoms with E-state index in [0.29, 0.717) is 0 Å². The van der Waals surface area contributed by atoms with E-state index < -0.39 is 36.1 Å². The lowest BCUT2D eigenvalue weighted by atomic mass is 10.0. The highest BCUT2D eigenvalue weighted by atomic mass is 19.3. The second-order valence-electron chi connectivity index (χ2n) is 3.79. The van der Waals surface area contributed by atoms with Gasteiger partial charge in [0.15, 0.2) is 11.5 Å². The van der Waals surface area contributed by atoms with Crippen molar-refractivity contribution in [2.75, 3.05) is 14.2 Å². The van der Waals surface area contributed by atoms with E-state index >= 15 is 0 Å². The molecule has 1 aromatic carbocycles. The van der Waals surface area contributed by atoms with E-state index in [-0.39, 0.29) is 11.5 Å². The largest absolute Gasteiger partial charge is 0.493 e. The van der Waals surface area contributed by atoms with Crippen LogP contribution in [-0.2, 0) is 10.7 Å². The number of methoxy groups -OCH3 is 2. The molecule has 0 spiro atoms. The first-order valence-corrected chi connectivity index (χ1v) is 5.33. The summed E-state index contributed by atoms with van der Waals surface area (Å²) in [5.74, 6) is -6.21. The summed E-state index contributed by atoms with van der Waals surface area (Å²) in [5, 5.41) is 8.40. The van der Waals surface area contributed by atoms with Gasteiger partial charge in [-0.25, -0.2) is 13.2 Å². The molecule has 1 aromatic rings. The van der Waals surface area contributed by atoms with Crippen LogP contribution in [-0.4, -0.2) is 25.3 Å². The first-order chi connectivity index (χ1) is 8.81. The van der Waals surface area contributed by atoms with Crippen molar-refractivity contribution in [2.45, 2.75) is 18.8 Å². The maximum atomic E-state index is 13.7. The lowest BCUT2D eigenvalue weighted by Gasteiger charge is -2.18. The van der Waals surface area contributed by atoms with Crippen LogP contribution < -0.4 is 9.47 Å². The average molecular weight is 278 g/mol. The van der Waals surface area contributed by atoms with Crippen LogP contribution in [0.1, 0.15) is 18.4 Å². The molecule has 0 aliphatic carbocycles. The van der Waals surface area contributed by atoms with E-state index in [1.165, 1.54) is 14.2 Å². The predicted molar refractivity (Wildman–Crippen MR) is 60.3 cm³/mol. The molecule has 4 nitrogen and oxygen atoms in total. The Morgan fingerprint density at radius 3 is 2.26 bits per heavy atom. The Morgan fingerprint density at radius 1 is 1.26 bits per heavy atom. The predicted octanol–water partition coefficient (Wildman–Crippen LogP) is 2.80. The molecule has 0 aromatic heterocycles. The molecule has 1 N–H and O–H groups in total. The minimum absolute atomic E-state index is 0.0159. The van der Waals surface area contributed by atoms with Crippen molar-refractivity contribution in [3.63, 3.8) is 0 Å². The summed E-state index contributed by atoms with van der Waals surface area (Å²) in [7, 11) is 2.48. The van der Waals surface area contributed by atoms with Crippen LogP contribution in [0.25, 0.3) is 0 Å². The Bertz CT molecular complexity index is 474. The zero-order chi connectivity index (χ0) is 14.6. The van der Waals surface area contributed by atoms with Gasteiger partial charge in [-0.05, 0) is 6.07 Å². The molecular weight excluding hydrogens is 265 g/mol.